The van der Waals surface area contributed by atoms with E-state index in [9.17, 15) is 13.2 Å². The Kier molecular flexibility index (Phi) is 5.14. The van der Waals surface area contributed by atoms with Gasteiger partial charge in [-0.2, -0.15) is 0 Å². The van der Waals surface area contributed by atoms with Gasteiger partial charge in [0.25, 0.3) is 5.91 Å². The number of amides is 1. The van der Waals surface area contributed by atoms with Crippen LogP contribution in [-0.2, 0) is 10.0 Å². The highest BCUT2D eigenvalue weighted by atomic mass is 35.5. The van der Waals surface area contributed by atoms with Crippen LogP contribution in [0.25, 0.3) is 0 Å². The largest absolute Gasteiger partial charge is 0.338 e. The molecule has 5 nitrogen and oxygen atoms in total. The van der Waals surface area contributed by atoms with Crippen LogP contribution in [0.2, 0.25) is 5.02 Å². The van der Waals surface area contributed by atoms with Crippen LogP contribution in [-0.4, -0.2) is 50.7 Å². The van der Waals surface area contributed by atoms with Gasteiger partial charge in [-0.05, 0) is 37.0 Å². The summed E-state index contributed by atoms with van der Waals surface area (Å²) in [7, 11) is -0.675. The summed E-state index contributed by atoms with van der Waals surface area (Å²) in [5.74, 6) is 0.248. The van der Waals surface area contributed by atoms with E-state index < -0.39 is 10.0 Å². The minimum absolute atomic E-state index is 0.0790. The van der Waals surface area contributed by atoms with Crippen molar-refractivity contribution >= 4 is 27.5 Å². The van der Waals surface area contributed by atoms with Gasteiger partial charge < -0.3 is 4.90 Å². The number of hydrogen-bond acceptors (Lipinski definition) is 3. The summed E-state index contributed by atoms with van der Waals surface area (Å²) < 4.78 is 25.5. The Hall–Kier alpha value is -1.11. The fraction of sp³-hybridized carbons (Fsp3) is 0.533. The number of nitrogens with zero attached hydrogens (tertiary/aromatic N) is 2. The first-order valence-electron chi connectivity index (χ1n) is 7.25. The van der Waals surface area contributed by atoms with Gasteiger partial charge in [0, 0.05) is 27.2 Å². The van der Waals surface area contributed by atoms with E-state index in [4.69, 9.17) is 11.6 Å². The lowest BCUT2D eigenvalue weighted by Crippen LogP contribution is -2.39. The quantitative estimate of drug-likeness (QED) is 0.846. The molecule has 1 aromatic carbocycles. The molecule has 122 valence electrons. The lowest BCUT2D eigenvalue weighted by Gasteiger charge is -2.31. The van der Waals surface area contributed by atoms with Crippen molar-refractivity contribution in [2.45, 2.75) is 24.7 Å². The zero-order valence-corrected chi connectivity index (χ0v) is 14.6. The number of halogens is 1. The topological polar surface area (TPSA) is 57.7 Å². The van der Waals surface area contributed by atoms with Crippen LogP contribution in [0.4, 0.5) is 0 Å². The molecule has 2 rings (SSSR count). The Labute approximate surface area is 136 Å². The monoisotopic (exact) mass is 344 g/mol. The normalized spacial score (nSPS) is 19.5. The molecule has 0 bridgehead atoms. The van der Waals surface area contributed by atoms with Gasteiger partial charge in [-0.1, -0.05) is 18.5 Å². The maximum atomic E-state index is 12.6. The average Bonchev–Trinajstić information content (AvgIpc) is 2.46. The molecular formula is C15H21ClN2O3S. The summed E-state index contributed by atoms with van der Waals surface area (Å²) in [6.45, 7) is 3.47. The second kappa shape index (κ2) is 6.56. The molecule has 1 amide bonds. The summed E-state index contributed by atoms with van der Waals surface area (Å²) in [4.78, 5) is 14.5. The Bertz CT molecular complexity index is 673. The van der Waals surface area contributed by atoms with E-state index in [-0.39, 0.29) is 21.4 Å². The molecule has 22 heavy (non-hydrogen) atoms. The molecule has 0 N–H and O–H groups in total. The summed E-state index contributed by atoms with van der Waals surface area (Å²) in [5, 5.41) is 0.279. The lowest BCUT2D eigenvalue weighted by atomic mass is 9.99. The molecule has 1 aromatic rings. The van der Waals surface area contributed by atoms with Gasteiger partial charge in [0.15, 0.2) is 0 Å². The van der Waals surface area contributed by atoms with Crippen LogP contribution in [0, 0.1) is 5.92 Å². The van der Waals surface area contributed by atoms with E-state index in [1.54, 1.807) is 4.90 Å². The third-order valence-electron chi connectivity index (χ3n) is 3.89. The number of sulfonamides is 1. The Morgan fingerprint density at radius 3 is 2.64 bits per heavy atom. The Morgan fingerprint density at radius 2 is 2.05 bits per heavy atom. The third-order valence-corrected chi connectivity index (χ3v) is 6.03. The number of piperidine rings is 1. The van der Waals surface area contributed by atoms with Gasteiger partial charge in [-0.25, -0.2) is 12.7 Å². The number of carbonyl (C=O) groups excluding carboxylic acids is 1. The van der Waals surface area contributed by atoms with E-state index in [1.165, 1.54) is 32.3 Å². The number of carbonyl (C=O) groups is 1. The summed E-state index contributed by atoms with van der Waals surface area (Å²) >= 11 is 6.12. The van der Waals surface area contributed by atoms with Gasteiger partial charge in [-0.15, -0.1) is 0 Å². The highest BCUT2D eigenvalue weighted by Crippen LogP contribution is 2.25. The molecule has 1 aliphatic heterocycles. The van der Waals surface area contributed by atoms with E-state index in [2.05, 4.69) is 6.92 Å². The van der Waals surface area contributed by atoms with Crippen molar-refractivity contribution in [3.63, 3.8) is 0 Å². The van der Waals surface area contributed by atoms with Crippen LogP contribution in [0.1, 0.15) is 30.1 Å². The maximum absolute atomic E-state index is 12.6. The van der Waals surface area contributed by atoms with Crippen LogP contribution in [0.5, 0.6) is 0 Å². The van der Waals surface area contributed by atoms with Crippen molar-refractivity contribution < 1.29 is 13.2 Å². The second-order valence-electron chi connectivity index (χ2n) is 5.93. The zero-order valence-electron chi connectivity index (χ0n) is 13.0. The van der Waals surface area contributed by atoms with Crippen LogP contribution >= 0.6 is 11.6 Å². The van der Waals surface area contributed by atoms with E-state index in [0.717, 1.165) is 17.1 Å². The van der Waals surface area contributed by atoms with E-state index in [0.29, 0.717) is 19.0 Å². The van der Waals surface area contributed by atoms with Crippen molar-refractivity contribution in [1.29, 1.82) is 0 Å². The molecule has 1 atom stereocenters. The molecule has 1 saturated heterocycles. The van der Waals surface area contributed by atoms with Crippen molar-refractivity contribution in [3.05, 3.63) is 28.8 Å². The molecule has 0 spiro atoms. The minimum Gasteiger partial charge on any atom is -0.338 e. The van der Waals surface area contributed by atoms with Gasteiger partial charge >= 0.3 is 0 Å². The SMILES string of the molecule is C[C@@H]1CCCN(C(=O)c2cc(S(=O)(=O)N(C)C)ccc2Cl)C1. The Balaban J connectivity index is 2.37. The van der Waals surface area contributed by atoms with Gasteiger partial charge in [-0.3, -0.25) is 4.79 Å². The molecule has 1 fully saturated rings. The summed E-state index contributed by atoms with van der Waals surface area (Å²) in [6.07, 6.45) is 2.06. The number of hydrogen-bond donors (Lipinski definition) is 0. The van der Waals surface area contributed by atoms with Gasteiger partial charge in [0.1, 0.15) is 0 Å². The first-order chi connectivity index (χ1) is 10.2. The lowest BCUT2D eigenvalue weighted by molar-refractivity contribution is 0.0683. The van der Waals surface area contributed by atoms with Crippen LogP contribution < -0.4 is 0 Å². The number of likely N-dealkylation sites (tertiary alicyclic amines) is 1. The average molecular weight is 345 g/mol. The van der Waals surface area contributed by atoms with Gasteiger partial charge in [0.05, 0.1) is 15.5 Å². The molecule has 0 radical (unpaired) electrons. The first kappa shape index (κ1) is 17.2. The standard InChI is InChI=1S/C15H21ClN2O3S/c1-11-5-4-8-18(10-11)15(19)13-9-12(6-7-14(13)16)22(20,21)17(2)3/h6-7,9,11H,4-5,8,10H2,1-3H3/t11-/m1/s1. The van der Waals surface area contributed by atoms with Crippen LogP contribution in [0.3, 0.4) is 0 Å². The molecule has 0 saturated carbocycles. The highest BCUT2D eigenvalue weighted by Gasteiger charge is 2.26. The molecule has 1 heterocycles. The van der Waals surface area contributed by atoms with Crippen molar-refractivity contribution in [1.82, 2.24) is 9.21 Å². The third kappa shape index (κ3) is 3.45. The number of rotatable bonds is 3. The number of benzene rings is 1. The molecule has 0 aliphatic carbocycles. The fourth-order valence-corrected chi connectivity index (χ4v) is 3.71. The van der Waals surface area contributed by atoms with Gasteiger partial charge in [0.2, 0.25) is 10.0 Å². The zero-order chi connectivity index (χ0) is 16.5. The highest BCUT2D eigenvalue weighted by molar-refractivity contribution is 7.89. The second-order valence-corrected chi connectivity index (χ2v) is 8.49. The first-order valence-corrected chi connectivity index (χ1v) is 9.06. The molecular weight excluding hydrogens is 324 g/mol. The molecule has 0 unspecified atom stereocenters. The smallest absolute Gasteiger partial charge is 0.255 e. The van der Waals surface area contributed by atoms with Crippen LogP contribution in [0.15, 0.2) is 23.1 Å². The maximum Gasteiger partial charge on any atom is 0.255 e. The molecule has 0 aromatic heterocycles. The van der Waals surface area contributed by atoms with Crippen molar-refractivity contribution in [3.8, 4) is 0 Å². The fourth-order valence-electron chi connectivity index (χ4n) is 2.58. The minimum atomic E-state index is -3.59. The Morgan fingerprint density at radius 1 is 1.36 bits per heavy atom. The predicted octanol–water partition coefficient (Wildman–Crippen LogP) is 2.46. The van der Waals surface area contributed by atoms with Crippen molar-refractivity contribution in [2.24, 2.45) is 5.92 Å². The van der Waals surface area contributed by atoms with Crippen molar-refractivity contribution in [2.75, 3.05) is 27.2 Å². The molecule has 7 heteroatoms. The van der Waals surface area contributed by atoms with E-state index in [1.807, 2.05) is 0 Å². The molecule has 1 aliphatic rings. The summed E-state index contributed by atoms with van der Waals surface area (Å²) in [6, 6.07) is 4.27. The van der Waals surface area contributed by atoms with E-state index >= 15 is 0 Å². The summed E-state index contributed by atoms with van der Waals surface area (Å²) in [5.41, 5.74) is 0.249. The predicted molar refractivity (Wildman–Crippen MR) is 86.6 cm³/mol.